The number of hydrogen-bond acceptors (Lipinski definition) is 5. The molecule has 1 aromatic heterocycles. The smallest absolute Gasteiger partial charge is 0.237 e. The largest absolute Gasteiger partial charge is 0.341 e. The fourth-order valence-corrected chi connectivity index (χ4v) is 4.01. The van der Waals surface area contributed by atoms with Gasteiger partial charge in [0.15, 0.2) is 0 Å². The minimum Gasteiger partial charge on any atom is -0.341 e. The van der Waals surface area contributed by atoms with E-state index in [1.165, 1.54) is 0 Å². The molecule has 1 fully saturated rings. The van der Waals surface area contributed by atoms with E-state index < -0.39 is 14.3 Å². The molecule has 0 bridgehead atoms. The number of halogens is 1. The van der Waals surface area contributed by atoms with E-state index >= 15 is 0 Å². The van der Waals surface area contributed by atoms with Gasteiger partial charge in [0, 0.05) is 47.2 Å². The van der Waals surface area contributed by atoms with Gasteiger partial charge in [0.25, 0.3) is 0 Å². The Bertz CT molecular complexity index is 585. The van der Waals surface area contributed by atoms with Crippen molar-refractivity contribution in [1.82, 2.24) is 9.88 Å². The first-order valence-electron chi connectivity index (χ1n) is 5.90. The van der Waals surface area contributed by atoms with Crippen molar-refractivity contribution in [3.05, 3.63) is 16.1 Å². The minimum atomic E-state index is -3.67. The third-order valence-electron chi connectivity index (χ3n) is 3.13. The van der Waals surface area contributed by atoms with Gasteiger partial charge in [-0.25, -0.2) is 13.4 Å². The topological polar surface area (TPSA) is 67.3 Å². The van der Waals surface area contributed by atoms with E-state index in [0.717, 1.165) is 10.7 Å². The molecule has 5 nitrogen and oxygen atoms in total. The van der Waals surface area contributed by atoms with E-state index in [1.54, 1.807) is 16.2 Å². The van der Waals surface area contributed by atoms with E-state index in [4.69, 9.17) is 10.7 Å². The summed E-state index contributed by atoms with van der Waals surface area (Å²) in [6.07, 6.45) is -0.0184. The van der Waals surface area contributed by atoms with Gasteiger partial charge in [-0.05, 0) is 6.92 Å². The van der Waals surface area contributed by atoms with Crippen LogP contribution >= 0.6 is 22.0 Å². The Morgan fingerprint density at radius 3 is 2.79 bits per heavy atom. The minimum absolute atomic E-state index is 0.0184. The molecule has 0 spiro atoms. The Labute approximate surface area is 121 Å². The summed E-state index contributed by atoms with van der Waals surface area (Å²) < 4.78 is 22.5. The van der Waals surface area contributed by atoms with Crippen LogP contribution in [-0.2, 0) is 13.8 Å². The van der Waals surface area contributed by atoms with Gasteiger partial charge in [-0.15, -0.1) is 11.3 Å². The number of aryl methyl sites for hydroxylation is 1. The molecule has 0 saturated carbocycles. The zero-order valence-corrected chi connectivity index (χ0v) is 13.1. The van der Waals surface area contributed by atoms with Crippen LogP contribution in [0, 0.1) is 6.92 Å². The van der Waals surface area contributed by atoms with Crippen LogP contribution in [-0.4, -0.2) is 42.5 Å². The lowest BCUT2D eigenvalue weighted by molar-refractivity contribution is -0.127. The van der Waals surface area contributed by atoms with Crippen molar-refractivity contribution < 1.29 is 13.2 Å². The Kier molecular flexibility index (Phi) is 4.17. The highest BCUT2D eigenvalue weighted by molar-refractivity contribution is 8.14. The summed E-state index contributed by atoms with van der Waals surface area (Å²) >= 11 is 1.56. The van der Waals surface area contributed by atoms with Gasteiger partial charge in [-0.3, -0.25) is 4.79 Å². The molecule has 2 unspecified atom stereocenters. The van der Waals surface area contributed by atoms with E-state index in [-0.39, 0.29) is 24.8 Å². The van der Waals surface area contributed by atoms with E-state index in [9.17, 15) is 13.2 Å². The Hall–Kier alpha value is -0.660. The number of rotatable bonds is 4. The number of thiazole rings is 1. The van der Waals surface area contributed by atoms with Crippen LogP contribution in [0.2, 0.25) is 0 Å². The molecule has 2 atom stereocenters. The van der Waals surface area contributed by atoms with Gasteiger partial charge in [0.05, 0.1) is 5.01 Å². The molecule has 0 N–H and O–H groups in total. The zero-order chi connectivity index (χ0) is 14.2. The third-order valence-corrected chi connectivity index (χ3v) is 6.19. The quantitative estimate of drug-likeness (QED) is 0.792. The number of aromatic nitrogens is 1. The monoisotopic (exact) mass is 322 g/mol. The maximum absolute atomic E-state index is 11.8. The van der Waals surface area contributed by atoms with Gasteiger partial charge in [0.2, 0.25) is 15.0 Å². The Morgan fingerprint density at radius 1 is 1.63 bits per heavy atom. The van der Waals surface area contributed by atoms with E-state index in [2.05, 4.69) is 4.98 Å². The highest BCUT2D eigenvalue weighted by atomic mass is 35.7. The van der Waals surface area contributed by atoms with E-state index in [0.29, 0.717) is 6.54 Å². The first-order valence-corrected chi connectivity index (χ1v) is 9.16. The molecule has 0 aromatic carbocycles. The molecule has 19 heavy (non-hydrogen) atoms. The number of nitrogens with zero attached hydrogens (tertiary/aromatic N) is 2. The standard InChI is InChI=1S/C11H15ClN2O3S2/c1-7(11-13-8(2)6-18-11)4-14-5-9(3-10(14)15)19(12,16)17/h6-7,9H,3-5H2,1-2H3. The molecule has 1 aliphatic rings. The van der Waals surface area contributed by atoms with Gasteiger partial charge >= 0.3 is 0 Å². The van der Waals surface area contributed by atoms with Gasteiger partial charge in [-0.2, -0.15) is 0 Å². The molecule has 0 radical (unpaired) electrons. The maximum atomic E-state index is 11.8. The van der Waals surface area contributed by atoms with Crippen LogP contribution in [0.4, 0.5) is 0 Å². The van der Waals surface area contributed by atoms with Gasteiger partial charge in [-0.1, -0.05) is 6.92 Å². The summed E-state index contributed by atoms with van der Waals surface area (Å²) in [7, 11) is 1.64. The predicted octanol–water partition coefficient (Wildman–Crippen LogP) is 1.72. The van der Waals surface area contributed by atoms with Crippen molar-refractivity contribution in [2.24, 2.45) is 0 Å². The Balaban J connectivity index is 2.02. The van der Waals surface area contributed by atoms with Gasteiger partial charge in [0.1, 0.15) is 5.25 Å². The number of carbonyl (C=O) groups excluding carboxylic acids is 1. The van der Waals surface area contributed by atoms with Crippen molar-refractivity contribution in [2.75, 3.05) is 13.1 Å². The van der Waals surface area contributed by atoms with Crippen LogP contribution in [0.3, 0.4) is 0 Å². The summed E-state index contributed by atoms with van der Waals surface area (Å²) in [4.78, 5) is 17.7. The highest BCUT2D eigenvalue weighted by Gasteiger charge is 2.37. The van der Waals surface area contributed by atoms with Crippen LogP contribution in [0.1, 0.15) is 30.0 Å². The summed E-state index contributed by atoms with van der Waals surface area (Å²) in [5, 5.41) is 2.14. The van der Waals surface area contributed by atoms with Crippen LogP contribution in [0.5, 0.6) is 0 Å². The highest BCUT2D eigenvalue weighted by Crippen LogP contribution is 2.26. The van der Waals surface area contributed by atoms with Crippen LogP contribution < -0.4 is 0 Å². The second kappa shape index (κ2) is 5.38. The molecular weight excluding hydrogens is 308 g/mol. The van der Waals surface area contributed by atoms with Crippen molar-refractivity contribution in [2.45, 2.75) is 31.4 Å². The van der Waals surface area contributed by atoms with Crippen molar-refractivity contribution in [3.63, 3.8) is 0 Å². The van der Waals surface area contributed by atoms with Gasteiger partial charge < -0.3 is 4.90 Å². The van der Waals surface area contributed by atoms with Crippen LogP contribution in [0.25, 0.3) is 0 Å². The van der Waals surface area contributed by atoms with Crippen molar-refractivity contribution in [1.29, 1.82) is 0 Å². The molecule has 1 aliphatic heterocycles. The lowest BCUT2D eigenvalue weighted by Crippen LogP contribution is -2.30. The van der Waals surface area contributed by atoms with Crippen molar-refractivity contribution >= 4 is 37.0 Å². The second-order valence-electron chi connectivity index (χ2n) is 4.83. The number of hydrogen-bond donors (Lipinski definition) is 0. The normalized spacial score (nSPS) is 21.9. The molecule has 1 saturated heterocycles. The predicted molar refractivity (Wildman–Crippen MR) is 75.0 cm³/mol. The van der Waals surface area contributed by atoms with E-state index in [1.807, 2.05) is 19.2 Å². The molecule has 8 heteroatoms. The first kappa shape index (κ1) is 14.7. The fraction of sp³-hybridized carbons (Fsp3) is 0.636. The lowest BCUT2D eigenvalue weighted by atomic mass is 10.2. The summed E-state index contributed by atoms with van der Waals surface area (Å²) in [6.45, 7) is 4.56. The maximum Gasteiger partial charge on any atom is 0.237 e. The summed E-state index contributed by atoms with van der Waals surface area (Å²) in [5.41, 5.74) is 0.959. The average molecular weight is 323 g/mol. The zero-order valence-electron chi connectivity index (χ0n) is 10.7. The van der Waals surface area contributed by atoms with Crippen LogP contribution in [0.15, 0.2) is 5.38 Å². The lowest BCUT2D eigenvalue weighted by Gasteiger charge is -2.19. The first-order chi connectivity index (χ1) is 8.77. The summed E-state index contributed by atoms with van der Waals surface area (Å²) in [5.74, 6) is -0.0613. The van der Waals surface area contributed by atoms with Crippen molar-refractivity contribution in [3.8, 4) is 0 Å². The molecule has 1 amide bonds. The molecule has 106 valence electrons. The number of likely N-dealkylation sites (tertiary alicyclic amines) is 1. The third kappa shape index (κ3) is 3.46. The SMILES string of the molecule is Cc1csc(C(C)CN2CC(S(=O)(=O)Cl)CC2=O)n1. The molecule has 2 heterocycles. The molecule has 0 aliphatic carbocycles. The molecular formula is C11H15ClN2O3S2. The number of carbonyl (C=O) groups is 1. The Morgan fingerprint density at radius 2 is 2.32 bits per heavy atom. The summed E-state index contributed by atoms with van der Waals surface area (Å²) in [6, 6.07) is 0. The fourth-order valence-electron chi connectivity index (χ4n) is 2.11. The molecule has 2 rings (SSSR count). The number of amides is 1. The second-order valence-corrected chi connectivity index (χ2v) is 8.63. The average Bonchev–Trinajstić information content (AvgIpc) is 2.85. The molecule has 1 aromatic rings.